The molecular formula is C19H28NO3+. The Morgan fingerprint density at radius 3 is 2.48 bits per heavy atom. The number of aliphatic hydroxyl groups is 1. The van der Waals surface area contributed by atoms with E-state index in [0.717, 1.165) is 45.2 Å². The highest BCUT2D eigenvalue weighted by Crippen LogP contribution is 2.40. The van der Waals surface area contributed by atoms with Crippen molar-refractivity contribution in [2.75, 3.05) is 20.1 Å². The predicted molar refractivity (Wildman–Crippen MR) is 88.0 cm³/mol. The molecule has 3 atom stereocenters. The second kappa shape index (κ2) is 7.02. The summed E-state index contributed by atoms with van der Waals surface area (Å²) in [6, 6.07) is 9.36. The van der Waals surface area contributed by atoms with Crippen LogP contribution < -0.4 is 4.90 Å². The molecule has 1 saturated carbocycles. The zero-order valence-corrected chi connectivity index (χ0v) is 14.0. The van der Waals surface area contributed by atoms with Gasteiger partial charge in [-0.1, -0.05) is 49.6 Å². The molecule has 1 heterocycles. The van der Waals surface area contributed by atoms with Gasteiger partial charge in [0.15, 0.2) is 11.7 Å². The summed E-state index contributed by atoms with van der Waals surface area (Å²) in [5, 5.41) is 11.4. The zero-order chi connectivity index (χ0) is 16.3. The smallest absolute Gasteiger partial charge is 0.343 e. The summed E-state index contributed by atoms with van der Waals surface area (Å²) < 4.78 is 5.74. The fourth-order valence-corrected chi connectivity index (χ4v) is 4.07. The Morgan fingerprint density at radius 2 is 1.87 bits per heavy atom. The number of quaternary nitrogens is 1. The van der Waals surface area contributed by atoms with Crippen LogP contribution in [0.25, 0.3) is 0 Å². The van der Waals surface area contributed by atoms with E-state index in [0.29, 0.717) is 5.56 Å². The number of ether oxygens (including phenoxy) is 1. The summed E-state index contributed by atoms with van der Waals surface area (Å²) >= 11 is 0. The molecule has 1 saturated heterocycles. The minimum absolute atomic E-state index is 0.0439. The van der Waals surface area contributed by atoms with Gasteiger partial charge >= 0.3 is 5.97 Å². The summed E-state index contributed by atoms with van der Waals surface area (Å²) in [5.41, 5.74) is -0.825. The van der Waals surface area contributed by atoms with Crippen LogP contribution in [-0.2, 0) is 15.1 Å². The van der Waals surface area contributed by atoms with Crippen LogP contribution in [0.5, 0.6) is 0 Å². The molecule has 3 rings (SSSR count). The van der Waals surface area contributed by atoms with Gasteiger partial charge in [0.2, 0.25) is 0 Å². The minimum Gasteiger partial charge on any atom is -0.454 e. The van der Waals surface area contributed by atoms with E-state index < -0.39 is 11.6 Å². The molecule has 0 spiro atoms. The lowest BCUT2D eigenvalue weighted by Crippen LogP contribution is -3.07. The lowest BCUT2D eigenvalue weighted by molar-refractivity contribution is -0.867. The average Bonchev–Trinajstić information content (AvgIpc) is 3.00. The molecule has 1 aliphatic heterocycles. The lowest BCUT2D eigenvalue weighted by Gasteiger charge is -2.37. The first-order valence-corrected chi connectivity index (χ1v) is 8.91. The van der Waals surface area contributed by atoms with Crippen LogP contribution in [0.3, 0.4) is 0 Å². The Morgan fingerprint density at radius 1 is 1.17 bits per heavy atom. The predicted octanol–water partition coefficient (Wildman–Crippen LogP) is 1.28. The standard InChI is InChI=1S/C19H27NO3/c1-20-13-12-17(14-20)23-18(21)19(22,15-8-4-2-5-9-15)16-10-6-3-7-11-16/h2,4-5,8-9,16-17,22H,3,6-7,10-14H2,1H3/p+1. The van der Waals surface area contributed by atoms with Crippen molar-refractivity contribution in [1.29, 1.82) is 0 Å². The number of rotatable bonds is 4. The first-order valence-electron chi connectivity index (χ1n) is 8.91. The Hall–Kier alpha value is -1.39. The maximum Gasteiger partial charge on any atom is 0.343 e. The highest BCUT2D eigenvalue weighted by atomic mass is 16.6. The normalized spacial score (nSPS) is 28.3. The molecule has 1 aromatic carbocycles. The molecule has 0 amide bonds. The Labute approximate surface area is 138 Å². The first-order chi connectivity index (χ1) is 11.1. The van der Waals surface area contributed by atoms with Gasteiger partial charge in [-0.25, -0.2) is 4.79 Å². The van der Waals surface area contributed by atoms with Crippen LogP contribution in [0.1, 0.15) is 44.1 Å². The summed E-state index contributed by atoms with van der Waals surface area (Å²) in [4.78, 5) is 14.3. The average molecular weight is 318 g/mol. The van der Waals surface area contributed by atoms with Gasteiger partial charge < -0.3 is 14.7 Å². The van der Waals surface area contributed by atoms with Crippen molar-refractivity contribution in [2.24, 2.45) is 5.92 Å². The maximum atomic E-state index is 12.9. The molecule has 1 aromatic rings. The fourth-order valence-electron chi connectivity index (χ4n) is 4.07. The maximum absolute atomic E-state index is 12.9. The molecule has 0 radical (unpaired) electrons. The third-order valence-corrected chi connectivity index (χ3v) is 5.46. The highest BCUT2D eigenvalue weighted by Gasteiger charge is 2.48. The van der Waals surface area contributed by atoms with E-state index in [1.807, 2.05) is 30.3 Å². The van der Waals surface area contributed by atoms with E-state index >= 15 is 0 Å². The van der Waals surface area contributed by atoms with Crippen LogP contribution in [0.4, 0.5) is 0 Å². The highest BCUT2D eigenvalue weighted by molar-refractivity contribution is 5.81. The molecule has 2 fully saturated rings. The molecular weight excluding hydrogens is 290 g/mol. The first kappa shape index (κ1) is 16.5. The number of benzene rings is 1. The van der Waals surface area contributed by atoms with E-state index in [9.17, 15) is 9.90 Å². The number of likely N-dealkylation sites (N-methyl/N-ethyl adjacent to an activating group) is 1. The van der Waals surface area contributed by atoms with Gasteiger partial charge in [0.1, 0.15) is 6.54 Å². The van der Waals surface area contributed by atoms with E-state index in [4.69, 9.17) is 4.74 Å². The molecule has 4 heteroatoms. The van der Waals surface area contributed by atoms with Gasteiger partial charge in [-0.15, -0.1) is 0 Å². The van der Waals surface area contributed by atoms with Gasteiger partial charge in [-0.05, 0) is 18.4 Å². The molecule has 0 bridgehead atoms. The molecule has 1 aliphatic carbocycles. The summed E-state index contributed by atoms with van der Waals surface area (Å²) in [6.45, 7) is 1.85. The van der Waals surface area contributed by atoms with Crippen molar-refractivity contribution in [3.63, 3.8) is 0 Å². The second-order valence-electron chi connectivity index (χ2n) is 7.19. The Bertz CT molecular complexity index is 527. The molecule has 0 aromatic heterocycles. The molecule has 2 N–H and O–H groups in total. The number of likely N-dealkylation sites (tertiary alicyclic amines) is 1. The topological polar surface area (TPSA) is 51.0 Å². The SMILES string of the molecule is C[NH+]1CCC(OC(=O)C(O)(c2ccccc2)C2CCCCC2)C1. The van der Waals surface area contributed by atoms with Crippen LogP contribution in [0.15, 0.2) is 30.3 Å². The van der Waals surface area contributed by atoms with Crippen LogP contribution >= 0.6 is 0 Å². The molecule has 2 aliphatic rings. The minimum atomic E-state index is -1.50. The van der Waals surface area contributed by atoms with E-state index in [1.54, 1.807) is 0 Å². The van der Waals surface area contributed by atoms with Gasteiger partial charge in [0, 0.05) is 12.3 Å². The van der Waals surface area contributed by atoms with Crippen molar-refractivity contribution >= 4 is 5.97 Å². The zero-order valence-electron chi connectivity index (χ0n) is 14.0. The van der Waals surface area contributed by atoms with Crippen molar-refractivity contribution in [1.82, 2.24) is 0 Å². The van der Waals surface area contributed by atoms with Crippen LogP contribution in [-0.4, -0.2) is 37.3 Å². The van der Waals surface area contributed by atoms with Gasteiger partial charge in [0.05, 0.1) is 13.6 Å². The lowest BCUT2D eigenvalue weighted by atomic mass is 9.73. The largest absolute Gasteiger partial charge is 0.454 e. The summed E-state index contributed by atoms with van der Waals surface area (Å²) in [7, 11) is 2.11. The fraction of sp³-hybridized carbons (Fsp3) is 0.632. The number of nitrogens with one attached hydrogen (secondary N) is 1. The van der Waals surface area contributed by atoms with Crippen molar-refractivity contribution in [3.05, 3.63) is 35.9 Å². The second-order valence-corrected chi connectivity index (χ2v) is 7.19. The van der Waals surface area contributed by atoms with E-state index in [-0.39, 0.29) is 12.0 Å². The Kier molecular flexibility index (Phi) is 5.02. The third kappa shape index (κ3) is 3.43. The number of carbonyl (C=O) groups is 1. The number of carbonyl (C=O) groups excluding carboxylic acids is 1. The van der Waals surface area contributed by atoms with Crippen molar-refractivity contribution in [2.45, 2.75) is 50.2 Å². The van der Waals surface area contributed by atoms with Gasteiger partial charge in [0.25, 0.3) is 0 Å². The van der Waals surface area contributed by atoms with Crippen molar-refractivity contribution < 1.29 is 19.5 Å². The van der Waals surface area contributed by atoms with Crippen molar-refractivity contribution in [3.8, 4) is 0 Å². The van der Waals surface area contributed by atoms with Gasteiger partial charge in [-0.3, -0.25) is 0 Å². The Balaban J connectivity index is 1.83. The van der Waals surface area contributed by atoms with E-state index in [1.165, 1.54) is 11.3 Å². The molecule has 126 valence electrons. The number of esters is 1. The third-order valence-electron chi connectivity index (χ3n) is 5.46. The summed E-state index contributed by atoms with van der Waals surface area (Å²) in [5.74, 6) is -0.493. The van der Waals surface area contributed by atoms with Gasteiger partial charge in [-0.2, -0.15) is 0 Å². The monoisotopic (exact) mass is 318 g/mol. The van der Waals surface area contributed by atoms with E-state index in [2.05, 4.69) is 7.05 Å². The molecule has 3 unspecified atom stereocenters. The number of hydrogen-bond acceptors (Lipinski definition) is 3. The molecule has 4 nitrogen and oxygen atoms in total. The van der Waals surface area contributed by atoms with Crippen LogP contribution in [0.2, 0.25) is 0 Å². The summed E-state index contributed by atoms with van der Waals surface area (Å²) in [6.07, 6.45) is 5.92. The quantitative estimate of drug-likeness (QED) is 0.823. The number of hydrogen-bond donors (Lipinski definition) is 2. The van der Waals surface area contributed by atoms with Crippen LogP contribution in [0, 0.1) is 5.92 Å². The molecule has 23 heavy (non-hydrogen) atoms.